The maximum absolute atomic E-state index is 13.4. The fourth-order valence-corrected chi connectivity index (χ4v) is 1.46. The largest absolute Gasteiger partial charge is 0.481 e. The van der Waals surface area contributed by atoms with Gasteiger partial charge in [-0.15, -0.1) is 0 Å². The second-order valence-electron chi connectivity index (χ2n) is 3.64. The van der Waals surface area contributed by atoms with Gasteiger partial charge in [-0.25, -0.2) is 13.2 Å². The van der Waals surface area contributed by atoms with Crippen molar-refractivity contribution in [2.24, 2.45) is 0 Å². The smallest absolute Gasteiger partial charge is 0.305 e. The van der Waals surface area contributed by atoms with Gasteiger partial charge in [-0.2, -0.15) is 0 Å². The second-order valence-corrected chi connectivity index (χ2v) is 3.64. The number of halogens is 3. The highest BCUT2D eigenvalue weighted by Crippen LogP contribution is 2.23. The van der Waals surface area contributed by atoms with E-state index in [-0.39, 0.29) is 0 Å². The summed E-state index contributed by atoms with van der Waals surface area (Å²) in [5, 5.41) is 10.8. The average molecular weight is 261 g/mol. The summed E-state index contributed by atoms with van der Waals surface area (Å²) in [4.78, 5) is 21.5. The zero-order valence-corrected chi connectivity index (χ0v) is 9.34. The van der Waals surface area contributed by atoms with E-state index in [1.165, 1.54) is 0 Å². The number of nitrogens with one attached hydrogen (secondary N) is 1. The van der Waals surface area contributed by atoms with Crippen LogP contribution in [0, 0.1) is 17.5 Å². The molecule has 0 spiro atoms. The van der Waals surface area contributed by atoms with Crippen LogP contribution in [0.4, 0.5) is 13.2 Å². The zero-order chi connectivity index (χ0) is 13.9. The Hall–Kier alpha value is -2.05. The maximum Gasteiger partial charge on any atom is 0.305 e. The number of carbonyl (C=O) groups is 2. The van der Waals surface area contributed by atoms with Gasteiger partial charge in [0.25, 0.3) is 0 Å². The van der Waals surface area contributed by atoms with Crippen LogP contribution in [0.1, 0.15) is 24.9 Å². The van der Waals surface area contributed by atoms with Crippen molar-refractivity contribution in [1.29, 1.82) is 0 Å². The fraction of sp³-hybridized carbons (Fsp3) is 0.273. The SMILES string of the molecule is CC(=O)N[C@@H](CC(=O)O)c1cc(F)c(F)cc1F. The molecule has 0 radical (unpaired) electrons. The van der Waals surface area contributed by atoms with Gasteiger partial charge in [-0.3, -0.25) is 9.59 Å². The number of amides is 1. The molecule has 0 aliphatic carbocycles. The van der Waals surface area contributed by atoms with Crippen molar-refractivity contribution in [2.75, 3.05) is 0 Å². The van der Waals surface area contributed by atoms with Gasteiger partial charge in [0.2, 0.25) is 5.91 Å². The van der Waals surface area contributed by atoms with E-state index in [1.54, 1.807) is 0 Å². The number of rotatable bonds is 4. The molecule has 98 valence electrons. The molecule has 1 aromatic rings. The molecule has 0 fully saturated rings. The predicted octanol–water partition coefficient (Wildman–Crippen LogP) is 1.76. The molecule has 1 rings (SSSR count). The lowest BCUT2D eigenvalue weighted by atomic mass is 10.0. The van der Waals surface area contributed by atoms with Crippen LogP contribution in [0.5, 0.6) is 0 Å². The van der Waals surface area contributed by atoms with Gasteiger partial charge in [0.05, 0.1) is 12.5 Å². The molecule has 2 N–H and O–H groups in total. The van der Waals surface area contributed by atoms with E-state index in [0.29, 0.717) is 12.1 Å². The average Bonchev–Trinajstić information content (AvgIpc) is 2.21. The van der Waals surface area contributed by atoms with Crippen LogP contribution in [0.3, 0.4) is 0 Å². The lowest BCUT2D eigenvalue weighted by Crippen LogP contribution is -2.29. The summed E-state index contributed by atoms with van der Waals surface area (Å²) in [5.41, 5.74) is -0.411. The number of carboxylic acid groups (broad SMARTS) is 1. The summed E-state index contributed by atoms with van der Waals surface area (Å²) >= 11 is 0. The monoisotopic (exact) mass is 261 g/mol. The Bertz CT molecular complexity index is 475. The molecule has 1 amide bonds. The Morgan fingerprint density at radius 3 is 2.28 bits per heavy atom. The molecule has 0 bridgehead atoms. The number of aliphatic carboxylic acids is 1. The minimum atomic E-state index is -1.38. The van der Waals surface area contributed by atoms with Crippen LogP contribution in [-0.2, 0) is 9.59 Å². The third-order valence-corrected chi connectivity index (χ3v) is 2.17. The number of hydrogen-bond donors (Lipinski definition) is 2. The molecule has 0 aromatic heterocycles. The van der Waals surface area contributed by atoms with E-state index < -0.39 is 47.4 Å². The van der Waals surface area contributed by atoms with E-state index in [2.05, 4.69) is 5.32 Å². The van der Waals surface area contributed by atoms with Crippen molar-refractivity contribution in [3.63, 3.8) is 0 Å². The molecule has 0 saturated heterocycles. The van der Waals surface area contributed by atoms with Crippen molar-refractivity contribution in [3.8, 4) is 0 Å². The van der Waals surface area contributed by atoms with Crippen LogP contribution in [0.25, 0.3) is 0 Å². The van der Waals surface area contributed by atoms with E-state index in [1.807, 2.05) is 0 Å². The summed E-state index contributed by atoms with van der Waals surface area (Å²) < 4.78 is 39.2. The summed E-state index contributed by atoms with van der Waals surface area (Å²) in [6.07, 6.45) is -0.637. The van der Waals surface area contributed by atoms with Crippen LogP contribution < -0.4 is 5.32 Å². The van der Waals surface area contributed by atoms with Gasteiger partial charge in [0.1, 0.15) is 5.82 Å². The molecule has 0 heterocycles. The van der Waals surface area contributed by atoms with Crippen LogP contribution in [0.2, 0.25) is 0 Å². The fourth-order valence-electron chi connectivity index (χ4n) is 1.46. The van der Waals surface area contributed by atoms with Crippen molar-refractivity contribution < 1.29 is 27.9 Å². The molecule has 1 atom stereocenters. The van der Waals surface area contributed by atoms with E-state index >= 15 is 0 Å². The van der Waals surface area contributed by atoms with Crippen molar-refractivity contribution in [1.82, 2.24) is 5.32 Å². The summed E-state index contributed by atoms with van der Waals surface area (Å²) in [6.45, 7) is 1.10. The molecule has 18 heavy (non-hydrogen) atoms. The first-order chi connectivity index (χ1) is 8.31. The summed E-state index contributed by atoms with van der Waals surface area (Å²) in [6, 6.07) is -0.412. The summed E-state index contributed by atoms with van der Waals surface area (Å²) in [5.74, 6) is -5.72. The standard InChI is InChI=1S/C11H10F3NO3/c1-5(16)15-10(4-11(17)18)6-2-8(13)9(14)3-7(6)12/h2-3,10H,4H2,1H3,(H,15,16)(H,17,18)/t10-/m0/s1. The first kappa shape index (κ1) is 14.0. The third-order valence-electron chi connectivity index (χ3n) is 2.17. The molecule has 1 aromatic carbocycles. The number of hydrogen-bond acceptors (Lipinski definition) is 2. The maximum atomic E-state index is 13.4. The number of carboxylic acids is 1. The third kappa shape index (κ3) is 3.47. The van der Waals surface area contributed by atoms with Crippen LogP contribution >= 0.6 is 0 Å². The Labute approximate surface area is 100 Å². The normalized spacial score (nSPS) is 12.0. The van der Waals surface area contributed by atoms with Gasteiger partial charge in [-0.05, 0) is 6.07 Å². The molecule has 0 unspecified atom stereocenters. The highest BCUT2D eigenvalue weighted by atomic mass is 19.2. The number of benzene rings is 1. The van der Waals surface area contributed by atoms with Gasteiger partial charge in [0.15, 0.2) is 11.6 Å². The minimum Gasteiger partial charge on any atom is -0.481 e. The Balaban J connectivity index is 3.15. The second kappa shape index (κ2) is 5.52. The van der Waals surface area contributed by atoms with Gasteiger partial charge in [0, 0.05) is 18.6 Å². The van der Waals surface area contributed by atoms with Crippen LogP contribution in [-0.4, -0.2) is 17.0 Å². The lowest BCUT2D eigenvalue weighted by Gasteiger charge is -2.17. The van der Waals surface area contributed by atoms with Gasteiger partial charge in [-0.1, -0.05) is 0 Å². The highest BCUT2D eigenvalue weighted by molar-refractivity contribution is 5.75. The molecule has 0 saturated carbocycles. The van der Waals surface area contributed by atoms with Gasteiger partial charge >= 0.3 is 5.97 Å². The number of carbonyl (C=O) groups excluding carboxylic acids is 1. The topological polar surface area (TPSA) is 66.4 Å². The highest BCUT2D eigenvalue weighted by Gasteiger charge is 2.22. The van der Waals surface area contributed by atoms with Crippen LogP contribution in [0.15, 0.2) is 12.1 Å². The quantitative estimate of drug-likeness (QED) is 0.811. The van der Waals surface area contributed by atoms with Crippen molar-refractivity contribution >= 4 is 11.9 Å². The molecular formula is C11H10F3NO3. The Morgan fingerprint density at radius 2 is 1.78 bits per heavy atom. The lowest BCUT2D eigenvalue weighted by molar-refractivity contribution is -0.137. The predicted molar refractivity (Wildman–Crippen MR) is 55.1 cm³/mol. The summed E-state index contributed by atoms with van der Waals surface area (Å²) in [7, 11) is 0. The van der Waals surface area contributed by atoms with E-state index in [4.69, 9.17) is 5.11 Å². The molecule has 4 nitrogen and oxygen atoms in total. The van der Waals surface area contributed by atoms with E-state index in [9.17, 15) is 22.8 Å². The Morgan fingerprint density at radius 1 is 1.22 bits per heavy atom. The van der Waals surface area contributed by atoms with Crippen molar-refractivity contribution in [2.45, 2.75) is 19.4 Å². The molecular weight excluding hydrogens is 251 g/mol. The first-order valence-corrected chi connectivity index (χ1v) is 4.94. The first-order valence-electron chi connectivity index (χ1n) is 4.94. The zero-order valence-electron chi connectivity index (χ0n) is 9.34. The van der Waals surface area contributed by atoms with Gasteiger partial charge < -0.3 is 10.4 Å². The molecule has 7 heteroatoms. The van der Waals surface area contributed by atoms with Crippen molar-refractivity contribution in [3.05, 3.63) is 35.1 Å². The Kier molecular flexibility index (Phi) is 4.30. The molecule has 0 aliphatic heterocycles. The minimum absolute atomic E-state index is 0.307. The van der Waals surface area contributed by atoms with E-state index in [0.717, 1.165) is 6.92 Å². The molecule has 0 aliphatic rings.